The second-order valence-electron chi connectivity index (χ2n) is 5.47. The summed E-state index contributed by atoms with van der Waals surface area (Å²) in [6, 6.07) is 0. The molecule has 0 aliphatic carbocycles. The molecule has 1 saturated heterocycles. The molecule has 0 saturated carbocycles. The van der Waals surface area contributed by atoms with Crippen molar-refractivity contribution in [3.8, 4) is 0 Å². The Labute approximate surface area is 124 Å². The number of rotatable bonds is 12. The van der Waals surface area contributed by atoms with Gasteiger partial charge in [-0.3, -0.25) is 0 Å². The highest BCUT2D eigenvalue weighted by Crippen LogP contribution is 2.24. The summed E-state index contributed by atoms with van der Waals surface area (Å²) in [4.78, 5) is 0. The van der Waals surface area contributed by atoms with Crippen LogP contribution in [-0.2, 0) is 18.9 Å². The third-order valence-electron chi connectivity index (χ3n) is 3.68. The van der Waals surface area contributed by atoms with E-state index in [1.807, 2.05) is 0 Å². The molecule has 1 unspecified atom stereocenters. The summed E-state index contributed by atoms with van der Waals surface area (Å²) in [5, 5.41) is 0. The van der Waals surface area contributed by atoms with E-state index in [4.69, 9.17) is 18.9 Å². The van der Waals surface area contributed by atoms with Crippen molar-refractivity contribution in [2.24, 2.45) is 0 Å². The fourth-order valence-corrected chi connectivity index (χ4v) is 2.39. The molecule has 1 aliphatic rings. The van der Waals surface area contributed by atoms with Crippen LogP contribution < -0.4 is 0 Å². The minimum atomic E-state index is -0.143. The van der Waals surface area contributed by atoms with Gasteiger partial charge in [0.2, 0.25) is 0 Å². The molecule has 120 valence electrons. The first-order chi connectivity index (χ1) is 9.81. The van der Waals surface area contributed by atoms with Crippen LogP contribution in [-0.4, -0.2) is 45.4 Å². The van der Waals surface area contributed by atoms with Gasteiger partial charge in [0.25, 0.3) is 0 Å². The number of methoxy groups -OCH3 is 1. The predicted molar refractivity (Wildman–Crippen MR) is 79.9 cm³/mol. The summed E-state index contributed by atoms with van der Waals surface area (Å²) in [6.07, 6.45) is 7.93. The van der Waals surface area contributed by atoms with E-state index in [-0.39, 0.29) is 18.5 Å². The lowest BCUT2D eigenvalue weighted by atomic mass is 10.2. The second kappa shape index (κ2) is 11.5. The summed E-state index contributed by atoms with van der Waals surface area (Å²) in [7, 11) is 1.68. The highest BCUT2D eigenvalue weighted by atomic mass is 16.7. The van der Waals surface area contributed by atoms with Crippen molar-refractivity contribution in [3.63, 3.8) is 0 Å². The summed E-state index contributed by atoms with van der Waals surface area (Å²) < 4.78 is 22.8. The molecule has 1 fully saturated rings. The predicted octanol–water partition coefficient (Wildman–Crippen LogP) is 3.53. The zero-order valence-corrected chi connectivity index (χ0v) is 13.4. The lowest BCUT2D eigenvalue weighted by molar-refractivity contribution is -0.135. The van der Waals surface area contributed by atoms with Crippen LogP contribution in [0.4, 0.5) is 0 Å². The first-order valence-electron chi connectivity index (χ1n) is 8.19. The molecule has 1 heterocycles. The number of hydrogen-bond acceptors (Lipinski definition) is 4. The van der Waals surface area contributed by atoms with Crippen LogP contribution in [0.3, 0.4) is 0 Å². The van der Waals surface area contributed by atoms with Crippen LogP contribution in [0.15, 0.2) is 0 Å². The summed E-state index contributed by atoms with van der Waals surface area (Å²) in [5.41, 5.74) is 0. The molecule has 1 rings (SSSR count). The molecule has 3 atom stereocenters. The van der Waals surface area contributed by atoms with Gasteiger partial charge in [0.05, 0.1) is 12.7 Å². The van der Waals surface area contributed by atoms with E-state index in [0.29, 0.717) is 6.61 Å². The Bertz CT molecular complexity index is 223. The van der Waals surface area contributed by atoms with Crippen LogP contribution in [0.2, 0.25) is 0 Å². The van der Waals surface area contributed by atoms with E-state index in [9.17, 15) is 0 Å². The standard InChI is InChI=1S/C16H32O4/c1-4-6-8-10-18-13-15-14(12-16(17-3)20-15)19-11-9-7-5-2/h14-16H,4-13H2,1-3H3/t14-,15+,16?/m1/s1. The van der Waals surface area contributed by atoms with E-state index >= 15 is 0 Å². The van der Waals surface area contributed by atoms with E-state index in [2.05, 4.69) is 13.8 Å². The Morgan fingerprint density at radius 3 is 2.35 bits per heavy atom. The van der Waals surface area contributed by atoms with Gasteiger partial charge in [0.15, 0.2) is 6.29 Å². The smallest absolute Gasteiger partial charge is 0.160 e. The van der Waals surface area contributed by atoms with Crippen molar-refractivity contribution >= 4 is 0 Å². The molecule has 0 aromatic carbocycles. The van der Waals surface area contributed by atoms with E-state index < -0.39 is 0 Å². The summed E-state index contributed by atoms with van der Waals surface area (Å²) in [6.45, 7) is 6.64. The maximum absolute atomic E-state index is 5.94. The molecule has 1 aliphatic heterocycles. The average molecular weight is 288 g/mol. The zero-order valence-electron chi connectivity index (χ0n) is 13.4. The molecule has 0 bridgehead atoms. The maximum atomic E-state index is 5.94. The van der Waals surface area contributed by atoms with Crippen molar-refractivity contribution in [1.29, 1.82) is 0 Å². The first kappa shape index (κ1) is 17.9. The van der Waals surface area contributed by atoms with Gasteiger partial charge in [0.1, 0.15) is 6.10 Å². The fraction of sp³-hybridized carbons (Fsp3) is 1.00. The molecule has 0 N–H and O–H groups in total. The van der Waals surface area contributed by atoms with Gasteiger partial charge in [-0.05, 0) is 12.8 Å². The minimum absolute atomic E-state index is 0.0169. The number of hydrogen-bond donors (Lipinski definition) is 0. The molecular weight excluding hydrogens is 256 g/mol. The summed E-state index contributed by atoms with van der Waals surface area (Å²) >= 11 is 0. The van der Waals surface area contributed by atoms with Gasteiger partial charge >= 0.3 is 0 Å². The van der Waals surface area contributed by atoms with Crippen molar-refractivity contribution in [3.05, 3.63) is 0 Å². The fourth-order valence-electron chi connectivity index (χ4n) is 2.39. The third kappa shape index (κ3) is 7.02. The largest absolute Gasteiger partial charge is 0.379 e. The van der Waals surface area contributed by atoms with Crippen LogP contribution in [0, 0.1) is 0 Å². The summed E-state index contributed by atoms with van der Waals surface area (Å²) in [5.74, 6) is 0. The minimum Gasteiger partial charge on any atom is -0.379 e. The van der Waals surface area contributed by atoms with Gasteiger partial charge < -0.3 is 18.9 Å². The van der Waals surface area contributed by atoms with E-state index in [1.165, 1.54) is 25.7 Å². The maximum Gasteiger partial charge on any atom is 0.160 e. The quantitative estimate of drug-likeness (QED) is 0.515. The van der Waals surface area contributed by atoms with Gasteiger partial charge in [-0.25, -0.2) is 0 Å². The molecule has 0 radical (unpaired) electrons. The van der Waals surface area contributed by atoms with E-state index in [1.54, 1.807) is 7.11 Å². The van der Waals surface area contributed by atoms with Crippen molar-refractivity contribution in [2.75, 3.05) is 26.9 Å². The second-order valence-corrected chi connectivity index (χ2v) is 5.47. The average Bonchev–Trinajstić information content (AvgIpc) is 2.86. The highest BCUT2D eigenvalue weighted by Gasteiger charge is 2.36. The van der Waals surface area contributed by atoms with Crippen LogP contribution >= 0.6 is 0 Å². The van der Waals surface area contributed by atoms with Gasteiger partial charge in [0, 0.05) is 26.7 Å². The highest BCUT2D eigenvalue weighted by molar-refractivity contribution is 4.79. The lowest BCUT2D eigenvalue weighted by Crippen LogP contribution is -2.29. The molecule has 4 heteroatoms. The van der Waals surface area contributed by atoms with Crippen LogP contribution in [0.5, 0.6) is 0 Å². The van der Waals surface area contributed by atoms with Gasteiger partial charge in [-0.2, -0.15) is 0 Å². The number of unbranched alkanes of at least 4 members (excludes halogenated alkanes) is 4. The zero-order chi connectivity index (χ0) is 14.6. The number of ether oxygens (including phenoxy) is 4. The van der Waals surface area contributed by atoms with E-state index in [0.717, 1.165) is 32.5 Å². The lowest BCUT2D eigenvalue weighted by Gasteiger charge is -2.19. The van der Waals surface area contributed by atoms with Crippen LogP contribution in [0.25, 0.3) is 0 Å². The first-order valence-corrected chi connectivity index (χ1v) is 8.19. The Kier molecular flexibility index (Phi) is 10.3. The van der Waals surface area contributed by atoms with Gasteiger partial charge in [-0.15, -0.1) is 0 Å². The van der Waals surface area contributed by atoms with Crippen molar-refractivity contribution < 1.29 is 18.9 Å². The molecule has 0 aromatic rings. The Morgan fingerprint density at radius 1 is 1.00 bits per heavy atom. The third-order valence-corrected chi connectivity index (χ3v) is 3.68. The molecule has 0 spiro atoms. The Hall–Kier alpha value is -0.160. The molecular formula is C16H32O4. The SMILES string of the molecule is CCCCCOC[C@@H]1OC(OC)C[C@H]1OCCCCC. The molecule has 0 amide bonds. The topological polar surface area (TPSA) is 36.9 Å². The Balaban J connectivity index is 2.21. The normalized spacial score (nSPS) is 26.2. The van der Waals surface area contributed by atoms with Crippen molar-refractivity contribution in [2.45, 2.75) is 77.3 Å². The van der Waals surface area contributed by atoms with Crippen molar-refractivity contribution in [1.82, 2.24) is 0 Å². The molecule has 0 aromatic heterocycles. The monoisotopic (exact) mass is 288 g/mol. The molecule has 4 nitrogen and oxygen atoms in total. The Morgan fingerprint density at radius 2 is 1.70 bits per heavy atom. The molecule has 20 heavy (non-hydrogen) atoms. The van der Waals surface area contributed by atoms with Gasteiger partial charge in [-0.1, -0.05) is 39.5 Å². The van der Waals surface area contributed by atoms with Crippen LogP contribution in [0.1, 0.15) is 58.8 Å².